The first-order valence-electron chi connectivity index (χ1n) is 11.0. The highest BCUT2D eigenvalue weighted by Crippen LogP contribution is 2.26. The highest BCUT2D eigenvalue weighted by Gasteiger charge is 2.10. The highest BCUT2D eigenvalue weighted by atomic mass is 79.9. The Balaban J connectivity index is 1.69. The molecular formula is C24H30BrN3O4S. The molecule has 2 aromatic carbocycles. The number of nitrogens with one attached hydrogen (secondary N) is 3. The SMILES string of the molecule is CCCCCCOc1ccc(C(=O)NC(=S)NNC(=O)COc2ccc(CC)cc2Br)cc1. The molecule has 0 fully saturated rings. The minimum absolute atomic E-state index is 0.0296. The predicted molar refractivity (Wildman–Crippen MR) is 136 cm³/mol. The first kappa shape index (κ1) is 26.6. The summed E-state index contributed by atoms with van der Waals surface area (Å²) in [5, 5.41) is 2.48. The Hall–Kier alpha value is -2.65. The molecule has 0 heterocycles. The molecule has 0 saturated carbocycles. The summed E-state index contributed by atoms with van der Waals surface area (Å²) < 4.78 is 11.9. The van der Waals surface area contributed by atoms with Crippen LogP contribution >= 0.6 is 28.1 Å². The number of rotatable bonds is 11. The number of hydrogen-bond donors (Lipinski definition) is 3. The van der Waals surface area contributed by atoms with Crippen LogP contribution in [-0.2, 0) is 11.2 Å². The zero-order chi connectivity index (χ0) is 24.1. The zero-order valence-electron chi connectivity index (χ0n) is 18.9. The molecule has 2 aromatic rings. The summed E-state index contributed by atoms with van der Waals surface area (Å²) in [6.45, 7) is 4.67. The number of hydrogen-bond acceptors (Lipinski definition) is 5. The second-order valence-electron chi connectivity index (χ2n) is 7.30. The van der Waals surface area contributed by atoms with Gasteiger partial charge in [-0.05, 0) is 83.0 Å². The molecule has 0 bridgehead atoms. The van der Waals surface area contributed by atoms with Gasteiger partial charge >= 0.3 is 0 Å². The molecule has 0 saturated heterocycles. The van der Waals surface area contributed by atoms with Crippen LogP contribution in [0.1, 0.15) is 55.5 Å². The predicted octanol–water partition coefficient (Wildman–Crippen LogP) is 4.69. The van der Waals surface area contributed by atoms with Crippen molar-refractivity contribution in [1.82, 2.24) is 16.2 Å². The lowest BCUT2D eigenvalue weighted by atomic mass is 10.2. The topological polar surface area (TPSA) is 88.7 Å². The third-order valence-electron chi connectivity index (χ3n) is 4.69. The van der Waals surface area contributed by atoms with Crippen LogP contribution in [0.25, 0.3) is 0 Å². The van der Waals surface area contributed by atoms with Crippen molar-refractivity contribution in [3.8, 4) is 11.5 Å². The molecule has 178 valence electrons. The summed E-state index contributed by atoms with van der Waals surface area (Å²) in [6.07, 6.45) is 5.45. The summed E-state index contributed by atoms with van der Waals surface area (Å²) in [4.78, 5) is 24.3. The fourth-order valence-electron chi connectivity index (χ4n) is 2.82. The molecule has 0 aliphatic rings. The maximum absolute atomic E-state index is 12.3. The number of carbonyl (C=O) groups excluding carboxylic acids is 2. The Labute approximate surface area is 208 Å². The second kappa shape index (κ2) is 14.5. The summed E-state index contributed by atoms with van der Waals surface area (Å²) in [5.41, 5.74) is 6.47. The van der Waals surface area contributed by atoms with E-state index >= 15 is 0 Å². The van der Waals surface area contributed by atoms with Gasteiger partial charge in [0.15, 0.2) is 11.7 Å². The maximum Gasteiger partial charge on any atom is 0.276 e. The standard InChI is InChI=1S/C24H30BrN3O4S/c1-3-5-6-7-14-31-19-11-9-18(10-12-19)23(30)26-24(33)28-27-22(29)16-32-21-13-8-17(4-2)15-20(21)25/h8-13,15H,3-7,14,16H2,1-2H3,(H,27,29)(H2,26,28,30,33). The summed E-state index contributed by atoms with van der Waals surface area (Å²) in [5.74, 6) is 0.435. The summed E-state index contributed by atoms with van der Waals surface area (Å²) in [7, 11) is 0. The van der Waals surface area contributed by atoms with Gasteiger partial charge in [0.25, 0.3) is 11.8 Å². The first-order valence-corrected chi connectivity index (χ1v) is 12.2. The Morgan fingerprint density at radius 3 is 2.39 bits per heavy atom. The molecule has 0 spiro atoms. The average molecular weight is 536 g/mol. The second-order valence-corrected chi connectivity index (χ2v) is 8.56. The monoisotopic (exact) mass is 535 g/mol. The minimum Gasteiger partial charge on any atom is -0.494 e. The van der Waals surface area contributed by atoms with Crippen LogP contribution in [0.3, 0.4) is 0 Å². The number of halogens is 1. The van der Waals surface area contributed by atoms with E-state index in [9.17, 15) is 9.59 Å². The molecule has 0 atom stereocenters. The molecule has 0 aliphatic heterocycles. The molecule has 2 rings (SSSR count). The lowest BCUT2D eigenvalue weighted by Crippen LogP contribution is -2.49. The smallest absolute Gasteiger partial charge is 0.276 e. The van der Waals surface area contributed by atoms with Crippen molar-refractivity contribution in [2.24, 2.45) is 0 Å². The lowest BCUT2D eigenvalue weighted by Gasteiger charge is -2.12. The molecule has 0 aliphatic carbocycles. The third kappa shape index (κ3) is 9.79. The van der Waals surface area contributed by atoms with Gasteiger partial charge in [-0.15, -0.1) is 0 Å². The van der Waals surface area contributed by atoms with Crippen LogP contribution in [0.5, 0.6) is 11.5 Å². The molecule has 0 aromatic heterocycles. The van der Waals surface area contributed by atoms with Crippen LogP contribution < -0.4 is 25.6 Å². The normalized spacial score (nSPS) is 10.3. The van der Waals surface area contributed by atoms with Crippen molar-refractivity contribution in [2.75, 3.05) is 13.2 Å². The summed E-state index contributed by atoms with van der Waals surface area (Å²) in [6, 6.07) is 12.5. The number of carbonyl (C=O) groups is 2. The molecule has 3 N–H and O–H groups in total. The van der Waals surface area contributed by atoms with Crippen molar-refractivity contribution in [3.63, 3.8) is 0 Å². The molecule has 33 heavy (non-hydrogen) atoms. The largest absolute Gasteiger partial charge is 0.494 e. The summed E-state index contributed by atoms with van der Waals surface area (Å²) >= 11 is 8.49. The van der Waals surface area contributed by atoms with Gasteiger partial charge in [0.05, 0.1) is 11.1 Å². The van der Waals surface area contributed by atoms with Crippen LogP contribution in [0.2, 0.25) is 0 Å². The van der Waals surface area contributed by atoms with Gasteiger partial charge in [-0.2, -0.15) is 0 Å². The average Bonchev–Trinajstić information content (AvgIpc) is 2.82. The van der Waals surface area contributed by atoms with E-state index in [1.165, 1.54) is 12.8 Å². The Bertz CT molecular complexity index is 938. The van der Waals surface area contributed by atoms with Crippen molar-refractivity contribution in [1.29, 1.82) is 0 Å². The maximum atomic E-state index is 12.3. The fourth-order valence-corrected chi connectivity index (χ4v) is 3.50. The molecule has 0 unspecified atom stereocenters. The van der Waals surface area contributed by atoms with Crippen molar-refractivity contribution >= 4 is 45.1 Å². The number of thiocarbonyl (C=S) groups is 1. The van der Waals surface area contributed by atoms with E-state index in [-0.39, 0.29) is 11.7 Å². The van der Waals surface area contributed by atoms with Crippen molar-refractivity contribution < 1.29 is 19.1 Å². The Kier molecular flexibility index (Phi) is 11.7. The Morgan fingerprint density at radius 1 is 0.970 bits per heavy atom. The number of benzene rings is 2. The van der Waals surface area contributed by atoms with Gasteiger partial charge < -0.3 is 9.47 Å². The van der Waals surface area contributed by atoms with E-state index in [4.69, 9.17) is 21.7 Å². The van der Waals surface area contributed by atoms with Crippen molar-refractivity contribution in [2.45, 2.75) is 46.0 Å². The zero-order valence-corrected chi connectivity index (χ0v) is 21.3. The first-order chi connectivity index (χ1) is 15.9. The number of ether oxygens (including phenoxy) is 2. The van der Waals surface area contributed by atoms with Crippen LogP contribution in [0, 0.1) is 0 Å². The van der Waals surface area contributed by atoms with Crippen LogP contribution in [0.4, 0.5) is 0 Å². The van der Waals surface area contributed by atoms with Gasteiger partial charge in [-0.1, -0.05) is 39.2 Å². The van der Waals surface area contributed by atoms with Crippen molar-refractivity contribution in [3.05, 3.63) is 58.1 Å². The van der Waals surface area contributed by atoms with Crippen LogP contribution in [-0.4, -0.2) is 30.1 Å². The van der Waals surface area contributed by atoms with Gasteiger partial charge in [0, 0.05) is 5.56 Å². The molecule has 2 amide bonds. The van der Waals surface area contributed by atoms with Gasteiger partial charge in [-0.3, -0.25) is 25.8 Å². The van der Waals surface area contributed by atoms with Gasteiger partial charge in [-0.25, -0.2) is 0 Å². The van der Waals surface area contributed by atoms with E-state index in [1.54, 1.807) is 30.3 Å². The van der Waals surface area contributed by atoms with Crippen LogP contribution in [0.15, 0.2) is 46.9 Å². The number of aryl methyl sites for hydroxylation is 1. The molecule has 9 heteroatoms. The minimum atomic E-state index is -0.446. The van der Waals surface area contributed by atoms with E-state index in [0.29, 0.717) is 23.7 Å². The molecule has 0 radical (unpaired) electrons. The Morgan fingerprint density at radius 2 is 1.73 bits per heavy atom. The fraction of sp³-hybridized carbons (Fsp3) is 0.375. The van der Waals surface area contributed by atoms with E-state index in [1.807, 2.05) is 12.1 Å². The highest BCUT2D eigenvalue weighted by molar-refractivity contribution is 9.10. The quantitative estimate of drug-likeness (QED) is 0.220. The lowest BCUT2D eigenvalue weighted by molar-refractivity contribution is -0.123. The van der Waals surface area contributed by atoms with E-state index < -0.39 is 11.8 Å². The third-order valence-corrected chi connectivity index (χ3v) is 5.51. The van der Waals surface area contributed by atoms with E-state index in [0.717, 1.165) is 29.3 Å². The van der Waals surface area contributed by atoms with Gasteiger partial charge in [0.1, 0.15) is 11.5 Å². The number of amides is 2. The molecular weight excluding hydrogens is 506 g/mol. The number of hydrazine groups is 1. The van der Waals surface area contributed by atoms with E-state index in [2.05, 4.69) is 45.9 Å². The van der Waals surface area contributed by atoms with Gasteiger partial charge in [0.2, 0.25) is 0 Å². The number of unbranched alkanes of at least 4 members (excludes halogenated alkanes) is 3. The molecule has 7 nitrogen and oxygen atoms in total.